The van der Waals surface area contributed by atoms with E-state index >= 15 is 0 Å². The largest absolute Gasteiger partial charge is 0.362 e. The van der Waals surface area contributed by atoms with Crippen LogP contribution in [0, 0.1) is 0 Å². The van der Waals surface area contributed by atoms with Gasteiger partial charge < -0.3 is 9.84 Å². The van der Waals surface area contributed by atoms with E-state index in [1.165, 1.54) is 0 Å². The average Bonchev–Trinajstić information content (AvgIpc) is 1.91. The van der Waals surface area contributed by atoms with Crippen molar-refractivity contribution in [1.82, 2.24) is 0 Å². The van der Waals surface area contributed by atoms with E-state index in [0.29, 0.717) is 13.0 Å². The summed E-state index contributed by atoms with van der Waals surface area (Å²) in [6.45, 7) is 0.375. The molecule has 0 aliphatic carbocycles. The number of Topliss-reactive ketones (excluding diaryl/α,β-unsaturated/α-hetero) is 1. The molecule has 0 unspecified atom stereocenters. The Balaban J connectivity index is 2.48. The molecule has 3 heteroatoms. The Bertz CT molecular complexity index is 88.9. The highest BCUT2D eigenvalue weighted by Crippen LogP contribution is 2.02. The molecule has 1 heterocycles. The first-order valence-electron chi connectivity index (χ1n) is 2.13. The number of hydrogen-bond donors (Lipinski definition) is 1. The lowest BCUT2D eigenvalue weighted by atomic mass is 10.3. The van der Waals surface area contributed by atoms with Crippen molar-refractivity contribution in [3.63, 3.8) is 0 Å². The number of ether oxygens (including phenoxy) is 1. The monoisotopic (exact) mass is 102 g/mol. The first kappa shape index (κ1) is 4.74. The van der Waals surface area contributed by atoms with Crippen molar-refractivity contribution in [2.45, 2.75) is 12.7 Å². The summed E-state index contributed by atoms with van der Waals surface area (Å²) in [7, 11) is 0. The number of aliphatic hydroxyl groups excluding tert-OH is 1. The van der Waals surface area contributed by atoms with Crippen LogP contribution >= 0.6 is 0 Å². The number of carbonyl (C=O) groups excluding carboxylic acids is 1. The molecule has 0 aromatic carbocycles. The van der Waals surface area contributed by atoms with Crippen LogP contribution in [0.3, 0.4) is 0 Å². The molecule has 0 bridgehead atoms. The molecule has 3 nitrogen and oxygen atoms in total. The lowest BCUT2D eigenvalue weighted by molar-refractivity contribution is -0.139. The van der Waals surface area contributed by atoms with Crippen LogP contribution in [0.25, 0.3) is 0 Å². The van der Waals surface area contributed by atoms with Crippen LogP contribution in [-0.4, -0.2) is 23.8 Å². The maximum absolute atomic E-state index is 10.2. The van der Waals surface area contributed by atoms with Crippen LogP contribution in [0.5, 0.6) is 0 Å². The predicted molar refractivity (Wildman–Crippen MR) is 21.6 cm³/mol. The molecule has 40 valence electrons. The summed E-state index contributed by atoms with van der Waals surface area (Å²) in [6, 6.07) is 0. The van der Waals surface area contributed by atoms with Crippen molar-refractivity contribution in [2.24, 2.45) is 0 Å². The third-order valence-electron chi connectivity index (χ3n) is 0.900. The first-order chi connectivity index (χ1) is 3.30. The van der Waals surface area contributed by atoms with E-state index in [-0.39, 0.29) is 5.78 Å². The standard InChI is InChI=1S/C4H6O3/c5-3-1-2-7-4(3)6/h4,6H,1-2H2/t4-/m0/s1. The van der Waals surface area contributed by atoms with E-state index in [2.05, 4.69) is 4.74 Å². The van der Waals surface area contributed by atoms with Gasteiger partial charge in [0.25, 0.3) is 0 Å². The molecule has 0 aromatic heterocycles. The van der Waals surface area contributed by atoms with Crippen molar-refractivity contribution in [3.8, 4) is 0 Å². The fourth-order valence-corrected chi connectivity index (χ4v) is 0.488. The van der Waals surface area contributed by atoms with Gasteiger partial charge in [0.15, 0.2) is 5.78 Å². The molecule has 7 heavy (non-hydrogen) atoms. The van der Waals surface area contributed by atoms with E-state index in [1.54, 1.807) is 0 Å². The summed E-state index contributed by atoms with van der Waals surface area (Å²) >= 11 is 0. The Morgan fingerprint density at radius 2 is 2.57 bits per heavy atom. The summed E-state index contributed by atoms with van der Waals surface area (Å²) in [4.78, 5) is 10.2. The normalized spacial score (nSPS) is 31.6. The lowest BCUT2D eigenvalue weighted by Crippen LogP contribution is -2.12. The molecular weight excluding hydrogens is 96.0 g/mol. The number of hydrogen-bond acceptors (Lipinski definition) is 3. The Labute approximate surface area is 40.9 Å². The van der Waals surface area contributed by atoms with Crippen molar-refractivity contribution < 1.29 is 14.6 Å². The van der Waals surface area contributed by atoms with Crippen LogP contribution < -0.4 is 0 Å². The summed E-state index contributed by atoms with van der Waals surface area (Å²) < 4.78 is 4.47. The highest BCUT2D eigenvalue weighted by Gasteiger charge is 2.21. The van der Waals surface area contributed by atoms with Gasteiger partial charge in [-0.05, 0) is 0 Å². The predicted octanol–water partition coefficient (Wildman–Crippen LogP) is -0.706. The number of carbonyl (C=O) groups is 1. The minimum Gasteiger partial charge on any atom is -0.362 e. The molecule has 1 saturated heterocycles. The van der Waals surface area contributed by atoms with Crippen molar-refractivity contribution in [1.29, 1.82) is 0 Å². The molecule has 1 N–H and O–H groups in total. The van der Waals surface area contributed by atoms with Gasteiger partial charge in [-0.3, -0.25) is 4.79 Å². The van der Waals surface area contributed by atoms with E-state index in [0.717, 1.165) is 0 Å². The molecule has 0 aromatic rings. The summed E-state index contributed by atoms with van der Waals surface area (Å²) in [6.07, 6.45) is -0.763. The van der Waals surface area contributed by atoms with Crippen LogP contribution in [0.15, 0.2) is 0 Å². The van der Waals surface area contributed by atoms with E-state index in [9.17, 15) is 4.79 Å². The summed E-state index contributed by atoms with van der Waals surface area (Å²) in [5.74, 6) is -0.208. The van der Waals surface area contributed by atoms with Gasteiger partial charge in [0.2, 0.25) is 6.29 Å². The van der Waals surface area contributed by atoms with Gasteiger partial charge in [-0.1, -0.05) is 0 Å². The van der Waals surface area contributed by atoms with Crippen molar-refractivity contribution in [2.75, 3.05) is 6.61 Å². The highest BCUT2D eigenvalue weighted by atomic mass is 16.6. The molecule has 0 amide bonds. The van der Waals surface area contributed by atoms with Gasteiger partial charge in [-0.25, -0.2) is 0 Å². The molecule has 0 radical (unpaired) electrons. The Kier molecular flexibility index (Phi) is 1.08. The molecule has 1 aliphatic heterocycles. The zero-order valence-corrected chi connectivity index (χ0v) is 3.76. The Morgan fingerprint density at radius 3 is 2.71 bits per heavy atom. The lowest BCUT2D eigenvalue weighted by Gasteiger charge is -1.92. The molecule has 1 fully saturated rings. The number of ketones is 1. The molecule has 1 aliphatic rings. The van der Waals surface area contributed by atoms with Gasteiger partial charge in [-0.2, -0.15) is 0 Å². The summed E-state index contributed by atoms with van der Waals surface area (Å²) in [5.41, 5.74) is 0. The fourth-order valence-electron chi connectivity index (χ4n) is 0.488. The minimum absolute atomic E-state index is 0.208. The molecule has 0 spiro atoms. The van der Waals surface area contributed by atoms with Crippen molar-refractivity contribution >= 4 is 5.78 Å². The second kappa shape index (κ2) is 1.60. The molecular formula is C4H6O3. The van der Waals surface area contributed by atoms with E-state index < -0.39 is 6.29 Å². The zero-order chi connectivity index (χ0) is 5.28. The van der Waals surface area contributed by atoms with E-state index in [4.69, 9.17) is 5.11 Å². The van der Waals surface area contributed by atoms with Gasteiger partial charge in [0, 0.05) is 6.42 Å². The Morgan fingerprint density at radius 1 is 1.86 bits per heavy atom. The average molecular weight is 102 g/mol. The second-order valence-electron chi connectivity index (χ2n) is 1.44. The van der Waals surface area contributed by atoms with Crippen LogP contribution in [0.1, 0.15) is 6.42 Å². The Hall–Kier alpha value is -0.410. The van der Waals surface area contributed by atoms with Crippen LogP contribution in [-0.2, 0) is 9.53 Å². The van der Waals surface area contributed by atoms with Gasteiger partial charge in [0.05, 0.1) is 6.61 Å². The zero-order valence-electron chi connectivity index (χ0n) is 3.76. The minimum atomic E-state index is -1.13. The van der Waals surface area contributed by atoms with Gasteiger partial charge >= 0.3 is 0 Å². The van der Waals surface area contributed by atoms with E-state index in [1.807, 2.05) is 0 Å². The summed E-state index contributed by atoms with van der Waals surface area (Å²) in [5, 5.41) is 8.43. The maximum atomic E-state index is 10.2. The molecule has 1 atom stereocenters. The quantitative estimate of drug-likeness (QED) is 0.439. The fraction of sp³-hybridized carbons (Fsp3) is 0.750. The third-order valence-corrected chi connectivity index (χ3v) is 0.900. The first-order valence-corrected chi connectivity index (χ1v) is 2.13. The SMILES string of the molecule is O=C1CCO[C@@H]1O. The highest BCUT2D eigenvalue weighted by molar-refractivity contribution is 5.82. The second-order valence-corrected chi connectivity index (χ2v) is 1.44. The molecule has 1 rings (SSSR count). The smallest absolute Gasteiger partial charge is 0.215 e. The van der Waals surface area contributed by atoms with Gasteiger partial charge in [0.1, 0.15) is 0 Å². The number of aliphatic hydroxyl groups is 1. The van der Waals surface area contributed by atoms with Crippen LogP contribution in [0.2, 0.25) is 0 Å². The number of rotatable bonds is 0. The molecule has 0 saturated carbocycles. The maximum Gasteiger partial charge on any atom is 0.215 e. The topological polar surface area (TPSA) is 46.5 Å². The van der Waals surface area contributed by atoms with Crippen molar-refractivity contribution in [3.05, 3.63) is 0 Å². The third kappa shape index (κ3) is 0.783. The van der Waals surface area contributed by atoms with Gasteiger partial charge in [-0.15, -0.1) is 0 Å². The van der Waals surface area contributed by atoms with Crippen LogP contribution in [0.4, 0.5) is 0 Å².